The van der Waals surface area contributed by atoms with Crippen LogP contribution in [0.3, 0.4) is 0 Å². The van der Waals surface area contributed by atoms with Crippen molar-refractivity contribution < 1.29 is 0 Å². The van der Waals surface area contributed by atoms with E-state index in [4.69, 9.17) is 34.8 Å². The average Bonchev–Trinajstić information content (AvgIpc) is 2.32. The van der Waals surface area contributed by atoms with Crippen molar-refractivity contribution in [1.82, 2.24) is 0 Å². The molecule has 0 saturated carbocycles. The van der Waals surface area contributed by atoms with Crippen molar-refractivity contribution in [3.8, 4) is 0 Å². The highest BCUT2D eigenvalue weighted by Crippen LogP contribution is 2.32. The lowest BCUT2D eigenvalue weighted by molar-refractivity contribution is 0.594. The van der Waals surface area contributed by atoms with E-state index in [1.165, 1.54) is 25.7 Å². The molecule has 1 aromatic carbocycles. The van der Waals surface area contributed by atoms with Crippen molar-refractivity contribution in [3.63, 3.8) is 0 Å². The van der Waals surface area contributed by atoms with Crippen molar-refractivity contribution in [2.75, 3.05) is 5.32 Å². The highest BCUT2D eigenvalue weighted by atomic mass is 35.5. The summed E-state index contributed by atoms with van der Waals surface area (Å²) in [6.45, 7) is 4.38. The number of anilines is 1. The Labute approximate surface area is 125 Å². The van der Waals surface area contributed by atoms with E-state index in [-0.39, 0.29) is 0 Å². The minimum absolute atomic E-state index is 0.386. The second-order valence-corrected chi connectivity index (χ2v) is 5.86. The minimum Gasteiger partial charge on any atom is -0.381 e. The van der Waals surface area contributed by atoms with Crippen molar-refractivity contribution in [3.05, 3.63) is 27.2 Å². The predicted octanol–water partition coefficient (Wildman–Crippen LogP) is 6.42. The molecule has 0 spiro atoms. The highest BCUT2D eigenvalue weighted by Gasteiger charge is 2.08. The molecule has 0 radical (unpaired) electrons. The number of unbranched alkanes of at least 4 members (excludes halogenated alkanes) is 3. The fourth-order valence-electron chi connectivity index (χ4n) is 1.85. The zero-order valence-corrected chi connectivity index (χ0v) is 13.2. The summed E-state index contributed by atoms with van der Waals surface area (Å²) in [5.41, 5.74) is 0.856. The first-order valence-electron chi connectivity index (χ1n) is 6.45. The van der Waals surface area contributed by atoms with Gasteiger partial charge in [-0.15, -0.1) is 0 Å². The van der Waals surface area contributed by atoms with Gasteiger partial charge in [-0.2, -0.15) is 0 Å². The third kappa shape index (κ3) is 5.26. The van der Waals surface area contributed by atoms with Gasteiger partial charge in [-0.05, 0) is 25.5 Å². The Balaban J connectivity index is 2.48. The molecular formula is C14H20Cl3N. The molecule has 0 aliphatic carbocycles. The Morgan fingerprint density at radius 1 is 1.00 bits per heavy atom. The summed E-state index contributed by atoms with van der Waals surface area (Å²) in [5, 5.41) is 5.01. The number of benzene rings is 1. The van der Waals surface area contributed by atoms with E-state index in [1.54, 1.807) is 12.1 Å². The van der Waals surface area contributed by atoms with Gasteiger partial charge in [0.15, 0.2) is 0 Å². The van der Waals surface area contributed by atoms with Gasteiger partial charge < -0.3 is 5.32 Å². The molecule has 0 aliphatic heterocycles. The smallest absolute Gasteiger partial charge is 0.0653 e. The van der Waals surface area contributed by atoms with Crippen molar-refractivity contribution >= 4 is 40.5 Å². The molecule has 0 aliphatic rings. The van der Waals surface area contributed by atoms with Crippen molar-refractivity contribution in [1.29, 1.82) is 0 Å². The monoisotopic (exact) mass is 307 g/mol. The summed E-state index contributed by atoms with van der Waals surface area (Å²) in [6.07, 6.45) is 6.23. The second-order valence-electron chi connectivity index (χ2n) is 4.64. The number of hydrogen-bond donors (Lipinski definition) is 1. The van der Waals surface area contributed by atoms with Crippen LogP contribution in [0.1, 0.15) is 46.0 Å². The van der Waals surface area contributed by atoms with Gasteiger partial charge in [0.2, 0.25) is 0 Å². The Bertz CT molecular complexity index is 380. The van der Waals surface area contributed by atoms with Crippen LogP contribution in [-0.4, -0.2) is 6.04 Å². The SMILES string of the molecule is CCCCCCC(C)Nc1cc(Cl)c(Cl)cc1Cl. The Hall–Kier alpha value is -0.110. The molecule has 102 valence electrons. The normalized spacial score (nSPS) is 12.5. The maximum atomic E-state index is 6.12. The Morgan fingerprint density at radius 2 is 1.67 bits per heavy atom. The molecular weight excluding hydrogens is 289 g/mol. The number of halogens is 3. The second kappa shape index (κ2) is 8.14. The van der Waals surface area contributed by atoms with Crippen LogP contribution in [0.4, 0.5) is 5.69 Å². The zero-order valence-electron chi connectivity index (χ0n) is 10.9. The summed E-state index contributed by atoms with van der Waals surface area (Å²) in [5.74, 6) is 0. The van der Waals surface area contributed by atoms with Gasteiger partial charge >= 0.3 is 0 Å². The topological polar surface area (TPSA) is 12.0 Å². The highest BCUT2D eigenvalue weighted by molar-refractivity contribution is 6.44. The summed E-state index contributed by atoms with van der Waals surface area (Å²) < 4.78 is 0. The van der Waals surface area contributed by atoms with Crippen LogP contribution >= 0.6 is 34.8 Å². The molecule has 0 bridgehead atoms. The van der Waals surface area contributed by atoms with Gasteiger partial charge in [0.1, 0.15) is 0 Å². The molecule has 1 atom stereocenters. The fraction of sp³-hybridized carbons (Fsp3) is 0.571. The molecule has 0 aromatic heterocycles. The van der Waals surface area contributed by atoms with Crippen LogP contribution in [0.2, 0.25) is 15.1 Å². The van der Waals surface area contributed by atoms with Crippen LogP contribution in [0.15, 0.2) is 12.1 Å². The van der Waals surface area contributed by atoms with E-state index in [0.717, 1.165) is 12.1 Å². The lowest BCUT2D eigenvalue weighted by Crippen LogP contribution is -2.15. The van der Waals surface area contributed by atoms with Gasteiger partial charge in [-0.3, -0.25) is 0 Å². The lowest BCUT2D eigenvalue weighted by Gasteiger charge is -2.17. The van der Waals surface area contributed by atoms with Crippen LogP contribution in [0.25, 0.3) is 0 Å². The first kappa shape index (κ1) is 15.9. The lowest BCUT2D eigenvalue weighted by atomic mass is 10.1. The maximum absolute atomic E-state index is 6.12. The van der Waals surface area contributed by atoms with Crippen LogP contribution in [0, 0.1) is 0 Å². The number of hydrogen-bond acceptors (Lipinski definition) is 1. The molecule has 0 saturated heterocycles. The summed E-state index contributed by atoms with van der Waals surface area (Å²) in [4.78, 5) is 0. The van der Waals surface area contributed by atoms with Crippen LogP contribution in [-0.2, 0) is 0 Å². The summed E-state index contributed by atoms with van der Waals surface area (Å²) in [7, 11) is 0. The quantitative estimate of drug-likeness (QED) is 0.453. The first-order chi connectivity index (χ1) is 8.54. The third-order valence-electron chi connectivity index (χ3n) is 2.90. The summed E-state index contributed by atoms with van der Waals surface area (Å²) in [6, 6.07) is 3.85. The van der Waals surface area contributed by atoms with E-state index in [2.05, 4.69) is 19.2 Å². The Morgan fingerprint density at radius 3 is 2.33 bits per heavy atom. The molecule has 0 heterocycles. The van der Waals surface area contributed by atoms with Gasteiger partial charge in [0, 0.05) is 6.04 Å². The van der Waals surface area contributed by atoms with Gasteiger partial charge in [-0.25, -0.2) is 0 Å². The Kier molecular flexibility index (Phi) is 7.21. The number of nitrogens with one attached hydrogen (secondary N) is 1. The van der Waals surface area contributed by atoms with Crippen molar-refractivity contribution in [2.24, 2.45) is 0 Å². The molecule has 0 fully saturated rings. The molecule has 4 heteroatoms. The average molecular weight is 309 g/mol. The first-order valence-corrected chi connectivity index (χ1v) is 7.59. The molecule has 18 heavy (non-hydrogen) atoms. The molecule has 0 amide bonds. The molecule has 1 unspecified atom stereocenters. The van der Waals surface area contributed by atoms with E-state index in [1.807, 2.05) is 0 Å². The largest absolute Gasteiger partial charge is 0.381 e. The molecule has 1 nitrogen and oxygen atoms in total. The van der Waals surface area contributed by atoms with Gasteiger partial charge in [-0.1, -0.05) is 67.4 Å². The van der Waals surface area contributed by atoms with Crippen molar-refractivity contribution in [2.45, 2.75) is 52.0 Å². The van der Waals surface area contributed by atoms with E-state index in [9.17, 15) is 0 Å². The standard InChI is InChI=1S/C14H20Cl3N/c1-3-4-5-6-7-10(2)18-14-9-12(16)11(15)8-13(14)17/h8-10,18H,3-7H2,1-2H3. The van der Waals surface area contributed by atoms with E-state index in [0.29, 0.717) is 21.1 Å². The zero-order chi connectivity index (χ0) is 13.5. The number of rotatable bonds is 7. The minimum atomic E-state index is 0.386. The fourth-order valence-corrected chi connectivity index (χ4v) is 2.45. The summed E-state index contributed by atoms with van der Waals surface area (Å²) >= 11 is 18.0. The van der Waals surface area contributed by atoms with Gasteiger partial charge in [0.05, 0.1) is 20.8 Å². The molecule has 1 N–H and O–H groups in total. The third-order valence-corrected chi connectivity index (χ3v) is 3.94. The van der Waals surface area contributed by atoms with E-state index >= 15 is 0 Å². The van der Waals surface area contributed by atoms with Gasteiger partial charge in [0.25, 0.3) is 0 Å². The molecule has 1 rings (SSSR count). The predicted molar refractivity (Wildman–Crippen MR) is 83.3 cm³/mol. The molecule has 1 aromatic rings. The maximum Gasteiger partial charge on any atom is 0.0653 e. The van der Waals surface area contributed by atoms with Crippen LogP contribution < -0.4 is 5.32 Å². The van der Waals surface area contributed by atoms with E-state index < -0.39 is 0 Å². The van der Waals surface area contributed by atoms with Crippen LogP contribution in [0.5, 0.6) is 0 Å².